The van der Waals surface area contributed by atoms with Gasteiger partial charge in [-0.05, 0) is 61.7 Å². The Balaban J connectivity index is 0.000000499. The molecule has 1 aromatic heterocycles. The number of hydrogen-bond acceptors (Lipinski definition) is 6. The zero-order valence-corrected chi connectivity index (χ0v) is 21.7. The van der Waals surface area contributed by atoms with Crippen molar-refractivity contribution in [3.05, 3.63) is 41.6 Å². The molecule has 0 saturated heterocycles. The van der Waals surface area contributed by atoms with E-state index in [0.717, 1.165) is 26.1 Å². The summed E-state index contributed by atoms with van der Waals surface area (Å²) in [6.45, 7) is 6.47. The first kappa shape index (κ1) is 30.3. The third kappa shape index (κ3) is 7.88. The Bertz CT molecular complexity index is 1130. The summed E-state index contributed by atoms with van der Waals surface area (Å²) < 4.78 is 48.3. The van der Waals surface area contributed by atoms with Crippen LogP contribution < -0.4 is 6.15 Å². The van der Waals surface area contributed by atoms with E-state index in [4.69, 9.17) is 26.3 Å². The molecule has 4 rings (SSSR count). The topological polar surface area (TPSA) is 186 Å². The second kappa shape index (κ2) is 12.8. The summed E-state index contributed by atoms with van der Waals surface area (Å²) in [7, 11) is -1.82. The monoisotopic (exact) mass is 536 g/mol. The normalized spacial score (nSPS) is 19.0. The molecule has 34 heavy (non-hydrogen) atoms. The first-order chi connectivity index (χ1) is 15.4. The van der Waals surface area contributed by atoms with E-state index in [-0.39, 0.29) is 18.0 Å². The summed E-state index contributed by atoms with van der Waals surface area (Å²) in [5.41, 5.74) is 5.21. The van der Waals surface area contributed by atoms with Crippen LogP contribution >= 0.6 is 11.7 Å². The summed E-state index contributed by atoms with van der Waals surface area (Å²) >= 11 is 0.0394. The van der Waals surface area contributed by atoms with Gasteiger partial charge in [0.05, 0.1) is 5.92 Å². The molecular formula is C20H32N4O7S3. The number of carbonyl (C=O) groups is 1. The first-order valence-corrected chi connectivity index (χ1v) is 13.7. The standard InChI is InChI=1S/C20H25N3O.H3N.H2O3S2.H2O3S/c1-4-23(5-2)20(24)14-9-16-15-7-6-8-17-19(15)13(11-21-17)10-18(16)22(3)12-14;;1-5(2,3)4;1-4(2)3/h6-9,11,14,18,21H,4-5,10,12H2,1-3H3;1H3;(H2,1,2,3,4);(H2,1,2,3)/t14-,18-;;;/m1.../s1. The van der Waals surface area contributed by atoms with E-state index >= 15 is 0 Å². The van der Waals surface area contributed by atoms with Gasteiger partial charge in [-0.3, -0.25) is 23.4 Å². The van der Waals surface area contributed by atoms with Crippen LogP contribution in [0.15, 0.2) is 30.5 Å². The Kier molecular flexibility index (Phi) is 11.4. The predicted octanol–water partition coefficient (Wildman–Crippen LogP) is 2.47. The molecule has 192 valence electrons. The Morgan fingerprint density at radius 3 is 2.38 bits per heavy atom. The highest BCUT2D eigenvalue weighted by Gasteiger charge is 2.36. The Morgan fingerprint density at radius 2 is 1.85 bits per heavy atom. The van der Waals surface area contributed by atoms with Gasteiger partial charge in [-0.15, -0.1) is 0 Å². The number of rotatable bonds is 3. The van der Waals surface area contributed by atoms with E-state index in [1.54, 1.807) is 0 Å². The van der Waals surface area contributed by atoms with Crippen LogP contribution in [0.25, 0.3) is 16.5 Å². The van der Waals surface area contributed by atoms with Crippen molar-refractivity contribution in [1.29, 1.82) is 0 Å². The summed E-state index contributed by atoms with van der Waals surface area (Å²) in [6, 6.07) is 6.82. The lowest BCUT2D eigenvalue weighted by Crippen LogP contribution is -2.47. The molecule has 2 aromatic rings. The molecule has 0 saturated carbocycles. The lowest BCUT2D eigenvalue weighted by atomic mass is 9.79. The molecule has 14 heteroatoms. The largest absolute Gasteiger partial charge is 0.361 e. The summed E-state index contributed by atoms with van der Waals surface area (Å²) in [4.78, 5) is 20.6. The lowest BCUT2D eigenvalue weighted by molar-refractivity contribution is -0.134. The number of nitrogens with one attached hydrogen (secondary N) is 1. The second-order valence-electron chi connectivity index (χ2n) is 7.62. The van der Waals surface area contributed by atoms with Crippen molar-refractivity contribution < 1.29 is 31.1 Å². The minimum absolute atomic E-state index is 0. The number of thiol groups is 1. The SMILES string of the molecule is CCN(CC)C(=O)[C@@H]1C=C2c3cccc4[nH]cc(c34)C[C@H]2N(C)C1.N.O=S(=O)(O)S.O=S(O)O. The van der Waals surface area contributed by atoms with E-state index < -0.39 is 20.5 Å². The summed E-state index contributed by atoms with van der Waals surface area (Å²) in [5.74, 6) is 0.210. The van der Waals surface area contributed by atoms with Crippen LogP contribution in [0.4, 0.5) is 0 Å². The van der Waals surface area contributed by atoms with Gasteiger partial charge in [0.1, 0.15) is 0 Å². The third-order valence-corrected chi connectivity index (χ3v) is 5.66. The molecule has 1 aliphatic carbocycles. The van der Waals surface area contributed by atoms with Crippen molar-refractivity contribution in [1.82, 2.24) is 20.9 Å². The van der Waals surface area contributed by atoms with Gasteiger partial charge in [0, 0.05) is 42.8 Å². The first-order valence-electron chi connectivity index (χ1n) is 10.2. The molecule has 0 radical (unpaired) electrons. The second-order valence-corrected chi connectivity index (χ2v) is 10.4. The summed E-state index contributed by atoms with van der Waals surface area (Å²) in [6.07, 6.45) is 5.41. The van der Waals surface area contributed by atoms with Crippen molar-refractivity contribution >= 4 is 54.6 Å². The molecule has 2 atom stereocenters. The molecule has 0 spiro atoms. The molecule has 1 aliphatic heterocycles. The molecule has 0 fully saturated rings. The fourth-order valence-electron chi connectivity index (χ4n) is 4.38. The zero-order chi connectivity index (χ0) is 24.9. The molecule has 7 N–H and O–H groups in total. The van der Waals surface area contributed by atoms with Crippen molar-refractivity contribution in [2.24, 2.45) is 5.92 Å². The van der Waals surface area contributed by atoms with Crippen LogP contribution in [0.1, 0.15) is 25.0 Å². The van der Waals surface area contributed by atoms with Crippen molar-refractivity contribution in [3.8, 4) is 0 Å². The number of hydrogen-bond donors (Lipinski definition) is 6. The van der Waals surface area contributed by atoms with Crippen LogP contribution in [0, 0.1) is 5.92 Å². The zero-order valence-electron chi connectivity index (χ0n) is 19.2. The van der Waals surface area contributed by atoms with Gasteiger partial charge in [0.15, 0.2) is 0 Å². The van der Waals surface area contributed by atoms with E-state index in [1.165, 1.54) is 27.6 Å². The Hall–Kier alpha value is -1.78. The third-order valence-electron chi connectivity index (χ3n) is 5.66. The molecule has 0 bridgehead atoms. The number of nitrogens with zero attached hydrogens (tertiary/aromatic N) is 2. The highest BCUT2D eigenvalue weighted by Crippen LogP contribution is 2.40. The number of aromatic amines is 1. The van der Waals surface area contributed by atoms with Crippen LogP contribution in [0.5, 0.6) is 0 Å². The van der Waals surface area contributed by atoms with E-state index in [2.05, 4.69) is 72.9 Å². The molecule has 11 nitrogen and oxygen atoms in total. The fraction of sp³-hybridized carbons (Fsp3) is 0.450. The highest BCUT2D eigenvalue weighted by molar-refractivity contribution is 8.61. The molecule has 2 aliphatic rings. The molecule has 1 aromatic carbocycles. The van der Waals surface area contributed by atoms with Gasteiger partial charge in [0.25, 0.3) is 11.4 Å². The van der Waals surface area contributed by atoms with Gasteiger partial charge < -0.3 is 16.0 Å². The average molecular weight is 537 g/mol. The number of carbonyl (C=O) groups excluding carboxylic acids is 1. The Morgan fingerprint density at radius 1 is 1.29 bits per heavy atom. The lowest BCUT2D eigenvalue weighted by Gasteiger charge is -2.40. The average Bonchev–Trinajstić information content (AvgIpc) is 3.12. The number of amides is 1. The maximum absolute atomic E-state index is 12.9. The predicted molar refractivity (Wildman–Crippen MR) is 137 cm³/mol. The minimum atomic E-state index is -3.97. The number of aromatic nitrogens is 1. The fourth-order valence-corrected chi connectivity index (χ4v) is 4.38. The van der Waals surface area contributed by atoms with Crippen molar-refractivity contribution in [3.63, 3.8) is 0 Å². The minimum Gasteiger partial charge on any atom is -0.361 e. The molecule has 1 amide bonds. The van der Waals surface area contributed by atoms with Crippen LogP contribution in [0.3, 0.4) is 0 Å². The van der Waals surface area contributed by atoms with E-state index in [1.807, 2.05) is 4.90 Å². The van der Waals surface area contributed by atoms with Crippen molar-refractivity contribution in [2.45, 2.75) is 26.3 Å². The van der Waals surface area contributed by atoms with Crippen LogP contribution in [-0.4, -0.2) is 79.7 Å². The maximum atomic E-state index is 12.9. The van der Waals surface area contributed by atoms with E-state index in [9.17, 15) is 4.79 Å². The van der Waals surface area contributed by atoms with Gasteiger partial charge in [-0.25, -0.2) is 0 Å². The van der Waals surface area contributed by atoms with Crippen LogP contribution in [0.2, 0.25) is 0 Å². The van der Waals surface area contributed by atoms with Gasteiger partial charge in [0.2, 0.25) is 5.91 Å². The highest BCUT2D eigenvalue weighted by atomic mass is 33.1. The quantitative estimate of drug-likeness (QED) is 0.148. The smallest absolute Gasteiger partial charge is 0.316 e. The van der Waals surface area contributed by atoms with Crippen LogP contribution in [-0.2, 0) is 31.7 Å². The number of H-pyrrole nitrogens is 1. The Labute approximate surface area is 206 Å². The number of likely N-dealkylation sites (N-methyl/N-ethyl adjacent to an activating group) is 1. The molecule has 2 heterocycles. The molecule has 0 unspecified atom stereocenters. The number of fused-ring (bicyclic) bond motifs is 2. The number of benzene rings is 1. The maximum Gasteiger partial charge on any atom is 0.316 e. The van der Waals surface area contributed by atoms with E-state index in [0.29, 0.717) is 6.04 Å². The molecular weight excluding hydrogens is 504 g/mol. The van der Waals surface area contributed by atoms with Crippen molar-refractivity contribution in [2.75, 3.05) is 26.7 Å². The summed E-state index contributed by atoms with van der Waals surface area (Å²) in [5, 5.41) is 1.34. The van der Waals surface area contributed by atoms with Gasteiger partial charge in [-0.1, -0.05) is 18.2 Å². The van der Waals surface area contributed by atoms with Gasteiger partial charge in [-0.2, -0.15) is 12.6 Å². The van der Waals surface area contributed by atoms with Gasteiger partial charge >= 0.3 is 9.15 Å².